The maximum absolute atomic E-state index is 12.2. The largest absolute Gasteiger partial charge is 0.495 e. The third kappa shape index (κ3) is 5.20. The first kappa shape index (κ1) is 17.7. The number of carbonyl (C=O) groups excluding carboxylic acids is 1. The molecule has 7 nitrogen and oxygen atoms in total. The van der Waals surface area contributed by atoms with Crippen LogP contribution in [-0.4, -0.2) is 55.1 Å². The maximum Gasteiger partial charge on any atom is 0.275 e. The number of nitrogens with one attached hydrogen (secondary N) is 2. The van der Waals surface area contributed by atoms with Gasteiger partial charge in [0.1, 0.15) is 17.3 Å². The predicted octanol–water partition coefficient (Wildman–Crippen LogP) is 2.10. The minimum atomic E-state index is -0.328. The zero-order chi connectivity index (χ0) is 17.4. The molecule has 0 saturated carbocycles. The first-order chi connectivity index (χ1) is 11.6. The Morgan fingerprint density at radius 3 is 2.67 bits per heavy atom. The van der Waals surface area contributed by atoms with Gasteiger partial charge in [0.25, 0.3) is 5.91 Å². The van der Waals surface area contributed by atoms with Crippen molar-refractivity contribution in [3.8, 4) is 5.75 Å². The molecule has 0 spiro atoms. The number of hydrogen-bond donors (Lipinski definition) is 2. The van der Waals surface area contributed by atoms with E-state index < -0.39 is 0 Å². The minimum absolute atomic E-state index is 0.250. The van der Waals surface area contributed by atoms with Crippen molar-refractivity contribution in [2.24, 2.45) is 0 Å². The molecule has 24 heavy (non-hydrogen) atoms. The Morgan fingerprint density at radius 1 is 1.21 bits per heavy atom. The molecule has 1 aromatic heterocycles. The first-order valence-electron chi connectivity index (χ1n) is 7.75. The van der Waals surface area contributed by atoms with Gasteiger partial charge < -0.3 is 20.3 Å². The van der Waals surface area contributed by atoms with Gasteiger partial charge in [-0.3, -0.25) is 4.79 Å². The summed E-state index contributed by atoms with van der Waals surface area (Å²) in [6, 6.07) is 7.21. The maximum atomic E-state index is 12.2. The Bertz CT molecular complexity index is 658. The SMILES string of the molecule is COc1ccccc1NC(=O)c1cnc(NCCCN(C)C)cn1. The summed E-state index contributed by atoms with van der Waals surface area (Å²) in [4.78, 5) is 22.7. The minimum Gasteiger partial charge on any atom is -0.495 e. The van der Waals surface area contributed by atoms with E-state index in [9.17, 15) is 4.79 Å². The lowest BCUT2D eigenvalue weighted by Gasteiger charge is -2.11. The summed E-state index contributed by atoms with van der Waals surface area (Å²) in [6.07, 6.45) is 4.02. The molecule has 128 valence electrons. The number of carbonyl (C=O) groups is 1. The van der Waals surface area contributed by atoms with E-state index in [1.54, 1.807) is 25.4 Å². The number of amides is 1. The lowest BCUT2D eigenvalue weighted by Crippen LogP contribution is -2.17. The van der Waals surface area contributed by atoms with E-state index in [0.717, 1.165) is 19.5 Å². The van der Waals surface area contributed by atoms with Gasteiger partial charge in [-0.05, 0) is 39.2 Å². The van der Waals surface area contributed by atoms with E-state index in [1.807, 2.05) is 26.2 Å². The molecule has 1 amide bonds. The van der Waals surface area contributed by atoms with Gasteiger partial charge in [0, 0.05) is 6.54 Å². The van der Waals surface area contributed by atoms with Gasteiger partial charge in [0.2, 0.25) is 0 Å². The van der Waals surface area contributed by atoms with Gasteiger partial charge >= 0.3 is 0 Å². The summed E-state index contributed by atoms with van der Waals surface area (Å²) in [5, 5.41) is 5.95. The summed E-state index contributed by atoms with van der Waals surface area (Å²) in [7, 11) is 5.63. The van der Waals surface area contributed by atoms with Crippen LogP contribution in [0.5, 0.6) is 5.75 Å². The van der Waals surface area contributed by atoms with Gasteiger partial charge in [0.05, 0.1) is 25.2 Å². The second kappa shape index (κ2) is 8.83. The molecule has 0 fully saturated rings. The van der Waals surface area contributed by atoms with Crippen molar-refractivity contribution in [2.75, 3.05) is 44.9 Å². The third-order valence-electron chi connectivity index (χ3n) is 3.33. The summed E-state index contributed by atoms with van der Waals surface area (Å²) in [5.41, 5.74) is 0.845. The Morgan fingerprint density at radius 2 is 2.00 bits per heavy atom. The standard InChI is InChI=1S/C17H23N5O2/c1-22(2)10-6-9-18-16-12-19-14(11-20-16)17(23)21-13-7-4-5-8-15(13)24-3/h4-5,7-8,11-12H,6,9-10H2,1-3H3,(H,18,20)(H,21,23). The van der Waals surface area contributed by atoms with Gasteiger partial charge in [-0.15, -0.1) is 0 Å². The topological polar surface area (TPSA) is 79.4 Å². The monoisotopic (exact) mass is 329 g/mol. The quantitative estimate of drug-likeness (QED) is 0.722. The number of hydrogen-bond acceptors (Lipinski definition) is 6. The smallest absolute Gasteiger partial charge is 0.275 e. The predicted molar refractivity (Wildman–Crippen MR) is 94.6 cm³/mol. The average molecular weight is 329 g/mol. The van der Waals surface area contributed by atoms with Crippen molar-refractivity contribution >= 4 is 17.4 Å². The van der Waals surface area contributed by atoms with Crippen molar-refractivity contribution in [1.29, 1.82) is 0 Å². The van der Waals surface area contributed by atoms with E-state index in [0.29, 0.717) is 17.3 Å². The Hall–Kier alpha value is -2.67. The van der Waals surface area contributed by atoms with Gasteiger partial charge in [-0.2, -0.15) is 0 Å². The molecule has 0 aliphatic rings. The van der Waals surface area contributed by atoms with Crippen LogP contribution < -0.4 is 15.4 Å². The molecule has 7 heteroatoms. The molecule has 2 rings (SSSR count). The molecule has 2 aromatic rings. The Balaban J connectivity index is 1.91. The lowest BCUT2D eigenvalue weighted by atomic mass is 10.3. The third-order valence-corrected chi connectivity index (χ3v) is 3.33. The number of ether oxygens (including phenoxy) is 1. The number of anilines is 2. The van der Waals surface area contributed by atoms with Crippen molar-refractivity contribution in [2.45, 2.75) is 6.42 Å². The van der Waals surface area contributed by atoms with Crippen LogP contribution in [0.4, 0.5) is 11.5 Å². The fourth-order valence-corrected chi connectivity index (χ4v) is 2.08. The highest BCUT2D eigenvalue weighted by Crippen LogP contribution is 2.23. The number of nitrogens with zero attached hydrogens (tertiary/aromatic N) is 3. The van der Waals surface area contributed by atoms with E-state index >= 15 is 0 Å². The summed E-state index contributed by atoms with van der Waals surface area (Å²) < 4.78 is 5.21. The second-order valence-electron chi connectivity index (χ2n) is 5.52. The molecule has 1 heterocycles. The first-order valence-corrected chi connectivity index (χ1v) is 7.75. The molecular formula is C17H23N5O2. The molecular weight excluding hydrogens is 306 g/mol. The summed E-state index contributed by atoms with van der Waals surface area (Å²) in [5.74, 6) is 0.923. The Labute approximate surface area is 142 Å². The molecule has 0 unspecified atom stereocenters. The molecule has 0 bridgehead atoms. The Kier molecular flexibility index (Phi) is 6.51. The molecule has 0 radical (unpaired) electrons. The molecule has 1 aromatic carbocycles. The van der Waals surface area contributed by atoms with Crippen molar-refractivity contribution < 1.29 is 9.53 Å². The summed E-state index contributed by atoms with van der Waals surface area (Å²) >= 11 is 0. The highest BCUT2D eigenvalue weighted by Gasteiger charge is 2.11. The number of benzene rings is 1. The van der Waals surface area contributed by atoms with Crippen LogP contribution >= 0.6 is 0 Å². The van der Waals surface area contributed by atoms with E-state index in [4.69, 9.17) is 4.74 Å². The fraction of sp³-hybridized carbons (Fsp3) is 0.353. The van der Waals surface area contributed by atoms with Gasteiger partial charge in [-0.25, -0.2) is 9.97 Å². The molecule has 0 aliphatic heterocycles. The van der Waals surface area contributed by atoms with Crippen LogP contribution in [0.3, 0.4) is 0 Å². The lowest BCUT2D eigenvalue weighted by molar-refractivity contribution is 0.102. The highest BCUT2D eigenvalue weighted by atomic mass is 16.5. The van der Waals surface area contributed by atoms with Crippen LogP contribution in [0.25, 0.3) is 0 Å². The normalized spacial score (nSPS) is 10.5. The molecule has 0 saturated heterocycles. The van der Waals surface area contributed by atoms with Crippen LogP contribution in [0, 0.1) is 0 Å². The van der Waals surface area contributed by atoms with Crippen LogP contribution in [-0.2, 0) is 0 Å². The molecule has 2 N–H and O–H groups in total. The van der Waals surface area contributed by atoms with E-state index in [2.05, 4.69) is 25.5 Å². The number of rotatable bonds is 8. The molecule has 0 atom stereocenters. The van der Waals surface area contributed by atoms with Gasteiger partial charge in [-0.1, -0.05) is 12.1 Å². The van der Waals surface area contributed by atoms with Crippen LogP contribution in [0.1, 0.15) is 16.9 Å². The van der Waals surface area contributed by atoms with E-state index in [-0.39, 0.29) is 11.6 Å². The zero-order valence-corrected chi connectivity index (χ0v) is 14.2. The average Bonchev–Trinajstić information content (AvgIpc) is 2.59. The zero-order valence-electron chi connectivity index (χ0n) is 14.2. The molecule has 0 aliphatic carbocycles. The number of aromatic nitrogens is 2. The van der Waals surface area contributed by atoms with Crippen molar-refractivity contribution in [3.63, 3.8) is 0 Å². The van der Waals surface area contributed by atoms with Crippen molar-refractivity contribution in [1.82, 2.24) is 14.9 Å². The number of para-hydroxylation sites is 2. The van der Waals surface area contributed by atoms with Crippen LogP contribution in [0.2, 0.25) is 0 Å². The van der Waals surface area contributed by atoms with Gasteiger partial charge in [0.15, 0.2) is 0 Å². The highest BCUT2D eigenvalue weighted by molar-refractivity contribution is 6.03. The summed E-state index contributed by atoms with van der Waals surface area (Å²) in [6.45, 7) is 1.81. The van der Waals surface area contributed by atoms with Crippen molar-refractivity contribution in [3.05, 3.63) is 42.4 Å². The number of methoxy groups -OCH3 is 1. The van der Waals surface area contributed by atoms with Crippen LogP contribution in [0.15, 0.2) is 36.7 Å². The second-order valence-corrected chi connectivity index (χ2v) is 5.52. The van der Waals surface area contributed by atoms with E-state index in [1.165, 1.54) is 6.20 Å². The fourth-order valence-electron chi connectivity index (χ4n) is 2.08.